The lowest BCUT2D eigenvalue weighted by Crippen LogP contribution is -2.02. The van der Waals surface area contributed by atoms with E-state index in [1.54, 1.807) is 6.20 Å². The highest BCUT2D eigenvalue weighted by molar-refractivity contribution is 5.95. The van der Waals surface area contributed by atoms with Crippen LogP contribution in [0, 0.1) is 0 Å². The van der Waals surface area contributed by atoms with Crippen LogP contribution in [0.4, 0.5) is 5.82 Å². The van der Waals surface area contributed by atoms with E-state index in [0.29, 0.717) is 0 Å². The second-order valence-corrected chi connectivity index (χ2v) is 4.74. The summed E-state index contributed by atoms with van der Waals surface area (Å²) in [4.78, 5) is 8.95. The van der Waals surface area contributed by atoms with E-state index in [1.165, 1.54) is 10.8 Å². The Morgan fingerprint density at radius 1 is 1.00 bits per heavy atom. The Labute approximate surface area is 118 Å². The molecule has 0 saturated carbocycles. The van der Waals surface area contributed by atoms with Gasteiger partial charge in [0.15, 0.2) is 0 Å². The van der Waals surface area contributed by atoms with Gasteiger partial charge < -0.3 is 5.32 Å². The maximum absolute atomic E-state index is 4.66. The van der Waals surface area contributed by atoms with E-state index in [-0.39, 0.29) is 0 Å². The molecule has 0 aliphatic rings. The van der Waals surface area contributed by atoms with E-state index in [1.807, 2.05) is 6.20 Å². The molecule has 0 spiro atoms. The lowest BCUT2D eigenvalue weighted by molar-refractivity contribution is 0.965. The second-order valence-electron chi connectivity index (χ2n) is 4.74. The van der Waals surface area contributed by atoms with Crippen LogP contribution in [0.1, 0.15) is 13.3 Å². The van der Waals surface area contributed by atoms with Gasteiger partial charge in [-0.3, -0.25) is 4.98 Å². The van der Waals surface area contributed by atoms with Crippen LogP contribution in [0.15, 0.2) is 54.9 Å². The van der Waals surface area contributed by atoms with Crippen molar-refractivity contribution in [3.8, 4) is 11.3 Å². The van der Waals surface area contributed by atoms with Gasteiger partial charge in [-0.15, -0.1) is 0 Å². The largest absolute Gasteiger partial charge is 0.369 e. The first-order valence-corrected chi connectivity index (χ1v) is 6.92. The summed E-state index contributed by atoms with van der Waals surface area (Å²) in [7, 11) is 0. The fraction of sp³-hybridized carbons (Fsp3) is 0.176. The van der Waals surface area contributed by atoms with Gasteiger partial charge in [0.25, 0.3) is 0 Å². The molecule has 3 heteroatoms. The Bertz CT molecular complexity index is 717. The van der Waals surface area contributed by atoms with E-state index in [4.69, 9.17) is 0 Å². The van der Waals surface area contributed by atoms with Crippen molar-refractivity contribution in [1.82, 2.24) is 9.97 Å². The molecular formula is C17H17N3. The molecule has 0 aliphatic heterocycles. The van der Waals surface area contributed by atoms with Crippen LogP contribution in [0.2, 0.25) is 0 Å². The Balaban J connectivity index is 2.06. The van der Waals surface area contributed by atoms with Crippen molar-refractivity contribution >= 4 is 16.6 Å². The molecule has 0 bridgehead atoms. The molecule has 1 heterocycles. The predicted octanol–water partition coefficient (Wildman–Crippen LogP) is 4.12. The zero-order valence-electron chi connectivity index (χ0n) is 11.5. The first-order valence-electron chi connectivity index (χ1n) is 6.92. The van der Waals surface area contributed by atoms with Gasteiger partial charge in [0, 0.05) is 12.1 Å². The summed E-state index contributed by atoms with van der Waals surface area (Å²) in [5.41, 5.74) is 2.03. The minimum Gasteiger partial charge on any atom is -0.369 e. The van der Waals surface area contributed by atoms with Gasteiger partial charge in [0.2, 0.25) is 0 Å². The molecule has 0 amide bonds. The number of benzene rings is 2. The molecule has 0 atom stereocenters. The normalized spacial score (nSPS) is 10.7. The molecular weight excluding hydrogens is 246 g/mol. The molecule has 20 heavy (non-hydrogen) atoms. The molecule has 1 N–H and O–H groups in total. The summed E-state index contributed by atoms with van der Waals surface area (Å²) in [6.45, 7) is 3.04. The predicted molar refractivity (Wildman–Crippen MR) is 83.8 cm³/mol. The minimum atomic E-state index is 0.831. The summed E-state index contributed by atoms with van der Waals surface area (Å²) >= 11 is 0. The number of nitrogens with zero attached hydrogens (tertiary/aromatic N) is 2. The van der Waals surface area contributed by atoms with Gasteiger partial charge in [-0.1, -0.05) is 49.4 Å². The lowest BCUT2D eigenvalue weighted by atomic mass is 10.0. The van der Waals surface area contributed by atoms with Gasteiger partial charge in [0.05, 0.1) is 18.1 Å². The monoisotopic (exact) mass is 263 g/mol. The van der Waals surface area contributed by atoms with Crippen molar-refractivity contribution in [3.05, 3.63) is 54.9 Å². The second kappa shape index (κ2) is 5.70. The maximum Gasteiger partial charge on any atom is 0.145 e. The molecule has 3 aromatic rings. The fourth-order valence-corrected chi connectivity index (χ4v) is 2.28. The fourth-order valence-electron chi connectivity index (χ4n) is 2.28. The molecule has 3 rings (SSSR count). The average Bonchev–Trinajstić information content (AvgIpc) is 2.52. The highest BCUT2D eigenvalue weighted by Crippen LogP contribution is 2.27. The SMILES string of the molecule is CCCNc1cncc(-c2cccc3ccccc23)n1. The summed E-state index contributed by atoms with van der Waals surface area (Å²) in [5, 5.41) is 5.71. The van der Waals surface area contributed by atoms with E-state index in [9.17, 15) is 0 Å². The molecule has 2 aromatic carbocycles. The van der Waals surface area contributed by atoms with Crippen molar-refractivity contribution < 1.29 is 0 Å². The molecule has 0 radical (unpaired) electrons. The van der Waals surface area contributed by atoms with E-state index >= 15 is 0 Å². The lowest BCUT2D eigenvalue weighted by Gasteiger charge is -2.08. The Hall–Kier alpha value is -2.42. The summed E-state index contributed by atoms with van der Waals surface area (Å²) in [5.74, 6) is 0.831. The van der Waals surface area contributed by atoms with Crippen LogP contribution < -0.4 is 5.32 Å². The van der Waals surface area contributed by atoms with Crippen LogP contribution >= 0.6 is 0 Å². The topological polar surface area (TPSA) is 37.8 Å². The van der Waals surface area contributed by atoms with Gasteiger partial charge in [-0.05, 0) is 17.2 Å². The van der Waals surface area contributed by atoms with Crippen LogP contribution in [-0.4, -0.2) is 16.5 Å². The van der Waals surface area contributed by atoms with Gasteiger partial charge in [-0.2, -0.15) is 0 Å². The average molecular weight is 263 g/mol. The van der Waals surface area contributed by atoms with Crippen LogP contribution in [0.3, 0.4) is 0 Å². The van der Waals surface area contributed by atoms with Crippen LogP contribution in [0.25, 0.3) is 22.0 Å². The van der Waals surface area contributed by atoms with Gasteiger partial charge >= 0.3 is 0 Å². The molecule has 0 saturated heterocycles. The first kappa shape index (κ1) is 12.6. The molecule has 3 nitrogen and oxygen atoms in total. The zero-order valence-corrected chi connectivity index (χ0v) is 11.5. The third-order valence-electron chi connectivity index (χ3n) is 3.26. The van der Waals surface area contributed by atoms with Gasteiger partial charge in [-0.25, -0.2) is 4.98 Å². The van der Waals surface area contributed by atoms with Crippen LogP contribution in [0.5, 0.6) is 0 Å². The Morgan fingerprint density at radius 2 is 1.85 bits per heavy atom. The molecule has 0 unspecified atom stereocenters. The van der Waals surface area contributed by atoms with E-state index < -0.39 is 0 Å². The molecule has 0 aliphatic carbocycles. The Morgan fingerprint density at radius 3 is 2.75 bits per heavy atom. The highest BCUT2D eigenvalue weighted by atomic mass is 15.0. The van der Waals surface area contributed by atoms with E-state index in [2.05, 4.69) is 64.7 Å². The number of anilines is 1. The van der Waals surface area contributed by atoms with Crippen molar-refractivity contribution in [2.24, 2.45) is 0 Å². The zero-order chi connectivity index (χ0) is 13.8. The number of hydrogen-bond acceptors (Lipinski definition) is 3. The molecule has 100 valence electrons. The standard InChI is InChI=1S/C17H17N3/c1-2-10-19-17-12-18-11-16(20-17)15-9-5-7-13-6-3-4-8-14(13)15/h3-9,11-12H,2,10H2,1H3,(H,19,20). The van der Waals surface area contributed by atoms with Gasteiger partial charge in [0.1, 0.15) is 5.82 Å². The highest BCUT2D eigenvalue weighted by Gasteiger charge is 2.05. The molecule has 1 aromatic heterocycles. The quantitative estimate of drug-likeness (QED) is 0.769. The third-order valence-corrected chi connectivity index (χ3v) is 3.26. The number of fused-ring (bicyclic) bond motifs is 1. The van der Waals surface area contributed by atoms with Crippen molar-refractivity contribution in [2.75, 3.05) is 11.9 Å². The van der Waals surface area contributed by atoms with E-state index in [0.717, 1.165) is 30.0 Å². The number of aromatic nitrogens is 2. The van der Waals surface area contributed by atoms with Crippen molar-refractivity contribution in [2.45, 2.75) is 13.3 Å². The number of nitrogens with one attached hydrogen (secondary N) is 1. The van der Waals surface area contributed by atoms with Crippen LogP contribution in [-0.2, 0) is 0 Å². The first-order chi connectivity index (χ1) is 9.88. The Kier molecular flexibility index (Phi) is 3.59. The summed E-state index contributed by atoms with van der Waals surface area (Å²) in [6, 6.07) is 14.6. The maximum atomic E-state index is 4.66. The smallest absolute Gasteiger partial charge is 0.145 e. The number of hydrogen-bond donors (Lipinski definition) is 1. The molecule has 0 fully saturated rings. The van der Waals surface area contributed by atoms with Crippen molar-refractivity contribution in [1.29, 1.82) is 0 Å². The number of rotatable bonds is 4. The van der Waals surface area contributed by atoms with Crippen molar-refractivity contribution in [3.63, 3.8) is 0 Å². The third kappa shape index (κ3) is 2.48. The summed E-state index contributed by atoms with van der Waals surface area (Å²) in [6.07, 6.45) is 4.66. The minimum absolute atomic E-state index is 0.831. The summed E-state index contributed by atoms with van der Waals surface area (Å²) < 4.78 is 0.